The van der Waals surface area contributed by atoms with Gasteiger partial charge in [0, 0.05) is 12.8 Å². The van der Waals surface area contributed by atoms with Crippen molar-refractivity contribution < 1.29 is 56.8 Å². The van der Waals surface area contributed by atoms with Crippen molar-refractivity contribution in [3.05, 3.63) is 48.6 Å². The second-order valence-electron chi connectivity index (χ2n) is 17.8. The molecule has 1 rings (SSSR count). The Hall–Kier alpha value is -2.39. The molecule has 1 aliphatic heterocycles. The number of hydrogen-bond donors (Lipinski definition) is 4. The minimum absolute atomic E-state index is 0.0438. The molecule has 0 radical (unpaired) electrons. The van der Waals surface area contributed by atoms with Crippen LogP contribution in [0.3, 0.4) is 0 Å². The zero-order valence-corrected chi connectivity index (χ0v) is 41.4. The highest BCUT2D eigenvalue weighted by atomic mass is 32.2. The van der Waals surface area contributed by atoms with Gasteiger partial charge >= 0.3 is 11.9 Å². The number of carbonyl (C=O) groups is 2. The van der Waals surface area contributed by atoms with Crippen LogP contribution in [0.1, 0.15) is 213 Å². The first-order chi connectivity index (χ1) is 31.5. The third-order valence-corrected chi connectivity index (χ3v) is 12.4. The highest BCUT2D eigenvalue weighted by Crippen LogP contribution is 2.24. The molecule has 13 heteroatoms. The molecule has 0 aromatic rings. The molecular formula is C52H92O12S. The molecule has 0 amide bonds. The first kappa shape index (κ1) is 60.6. The second-order valence-corrected chi connectivity index (χ2v) is 19.3. The Bertz CT molecular complexity index is 1380. The van der Waals surface area contributed by atoms with Crippen LogP contribution in [-0.4, -0.2) is 96.0 Å². The number of aliphatic hydroxyl groups is 3. The van der Waals surface area contributed by atoms with E-state index < -0.39 is 71.2 Å². The van der Waals surface area contributed by atoms with E-state index in [2.05, 4.69) is 44.2 Å². The number of esters is 2. The third kappa shape index (κ3) is 36.3. The number of allylic oxidation sites excluding steroid dienone is 8. The summed E-state index contributed by atoms with van der Waals surface area (Å²) in [6, 6.07) is 0. The van der Waals surface area contributed by atoms with Crippen molar-refractivity contribution in [3.63, 3.8) is 0 Å². The number of ether oxygens (including phenoxy) is 4. The third-order valence-electron chi connectivity index (χ3n) is 11.7. The minimum Gasteiger partial charge on any atom is -0.462 e. The van der Waals surface area contributed by atoms with Crippen molar-refractivity contribution in [1.82, 2.24) is 0 Å². The van der Waals surface area contributed by atoms with Gasteiger partial charge in [0.1, 0.15) is 36.8 Å². The summed E-state index contributed by atoms with van der Waals surface area (Å²) < 4.78 is 54.1. The molecule has 0 bridgehead atoms. The van der Waals surface area contributed by atoms with Crippen LogP contribution in [0.4, 0.5) is 0 Å². The molecule has 1 fully saturated rings. The van der Waals surface area contributed by atoms with Gasteiger partial charge in [0.05, 0.1) is 6.61 Å². The Kier molecular flexibility index (Phi) is 39.0. The highest BCUT2D eigenvalue weighted by Gasteiger charge is 2.46. The Morgan fingerprint density at radius 1 is 0.538 bits per heavy atom. The van der Waals surface area contributed by atoms with Crippen LogP contribution in [0.5, 0.6) is 0 Å². The summed E-state index contributed by atoms with van der Waals surface area (Å²) in [6.45, 7) is 3.61. The highest BCUT2D eigenvalue weighted by molar-refractivity contribution is 7.85. The van der Waals surface area contributed by atoms with Crippen LogP contribution in [0, 0.1) is 0 Å². The Morgan fingerprint density at radius 3 is 1.42 bits per heavy atom. The van der Waals surface area contributed by atoms with Crippen molar-refractivity contribution in [2.75, 3.05) is 19.0 Å². The van der Waals surface area contributed by atoms with Crippen LogP contribution in [-0.2, 0) is 38.7 Å². The number of carbonyl (C=O) groups excluding carboxylic acids is 2. The Morgan fingerprint density at radius 2 is 0.969 bits per heavy atom. The fourth-order valence-electron chi connectivity index (χ4n) is 7.75. The normalized spacial score (nSPS) is 19.9. The van der Waals surface area contributed by atoms with E-state index in [1.807, 2.05) is 18.2 Å². The van der Waals surface area contributed by atoms with Crippen molar-refractivity contribution >= 4 is 22.1 Å². The summed E-state index contributed by atoms with van der Waals surface area (Å²) in [4.78, 5) is 25.4. The van der Waals surface area contributed by atoms with Crippen molar-refractivity contribution in [1.29, 1.82) is 0 Å². The van der Waals surface area contributed by atoms with E-state index in [9.17, 15) is 37.9 Å². The molecular weight excluding hydrogens is 849 g/mol. The molecule has 65 heavy (non-hydrogen) atoms. The van der Waals surface area contributed by atoms with Gasteiger partial charge in [0.25, 0.3) is 10.1 Å². The van der Waals surface area contributed by atoms with E-state index in [1.165, 1.54) is 128 Å². The smallest absolute Gasteiger partial charge is 0.306 e. The molecule has 6 unspecified atom stereocenters. The Labute approximate surface area is 394 Å². The monoisotopic (exact) mass is 941 g/mol. The van der Waals surface area contributed by atoms with E-state index in [0.717, 1.165) is 38.5 Å². The zero-order valence-electron chi connectivity index (χ0n) is 40.6. The lowest BCUT2D eigenvalue weighted by molar-refractivity contribution is -0.297. The molecule has 4 N–H and O–H groups in total. The number of rotatable bonds is 43. The van der Waals surface area contributed by atoms with Gasteiger partial charge in [-0.15, -0.1) is 0 Å². The lowest BCUT2D eigenvalue weighted by Crippen LogP contribution is -2.60. The molecule has 12 nitrogen and oxygen atoms in total. The number of hydrogen-bond acceptors (Lipinski definition) is 11. The van der Waals surface area contributed by atoms with Crippen molar-refractivity contribution in [2.45, 2.75) is 250 Å². The predicted molar refractivity (Wildman–Crippen MR) is 261 cm³/mol. The summed E-state index contributed by atoms with van der Waals surface area (Å²) in [6.07, 6.45) is 41.9. The van der Waals surface area contributed by atoms with Crippen LogP contribution < -0.4 is 0 Å². The SMILES string of the molecule is CC/C=C\C/C=C\C/C=C\C/C=C\CCC(=O)OC(COC(=O)CCCCCCCCCCCCCCCCCCCCCCCCCC)COC1OC(CS(=O)(=O)O)C(O)C(O)C1O. The number of aliphatic hydroxyl groups excluding tert-OH is 3. The first-order valence-corrected chi connectivity index (χ1v) is 27.3. The molecule has 378 valence electrons. The quantitative estimate of drug-likeness (QED) is 0.0196. The topological polar surface area (TPSA) is 186 Å². The van der Waals surface area contributed by atoms with Crippen LogP contribution in [0.25, 0.3) is 0 Å². The van der Waals surface area contributed by atoms with Gasteiger partial charge in [0.15, 0.2) is 12.4 Å². The van der Waals surface area contributed by atoms with E-state index in [1.54, 1.807) is 0 Å². The molecule has 0 saturated carbocycles. The standard InChI is InChI=1S/C52H92O12S/c1-3-5-7-9-11-13-15-17-18-19-20-21-22-23-24-25-26-27-29-30-32-34-36-38-40-47(53)61-42-45(43-62-52-51(57)50(56)49(55)46(64-52)44-65(58,59)60)63-48(54)41-39-37-35-33-31-28-16-14-12-10-8-6-4-2/h6,8,12,14,28,31,35,37,45-46,49-52,55-57H,3-5,7,9-11,13,15-27,29-30,32-34,36,38-44H2,1-2H3,(H,58,59,60)/b8-6-,14-12-,31-28-,37-35-. The molecule has 0 aromatic heterocycles. The van der Waals surface area contributed by atoms with E-state index >= 15 is 0 Å². The van der Waals surface area contributed by atoms with Crippen LogP contribution >= 0.6 is 0 Å². The average molecular weight is 941 g/mol. The van der Waals surface area contributed by atoms with Gasteiger partial charge < -0.3 is 34.3 Å². The molecule has 0 aromatic carbocycles. The van der Waals surface area contributed by atoms with Crippen LogP contribution in [0.2, 0.25) is 0 Å². The van der Waals surface area contributed by atoms with E-state index in [4.69, 9.17) is 18.9 Å². The van der Waals surface area contributed by atoms with Gasteiger partial charge in [-0.05, 0) is 38.5 Å². The fourth-order valence-corrected chi connectivity index (χ4v) is 8.44. The zero-order chi connectivity index (χ0) is 47.6. The lowest BCUT2D eigenvalue weighted by Gasteiger charge is -2.40. The van der Waals surface area contributed by atoms with E-state index in [0.29, 0.717) is 19.3 Å². The minimum atomic E-state index is -4.61. The predicted octanol–water partition coefficient (Wildman–Crippen LogP) is 11.5. The Balaban J connectivity index is 2.33. The average Bonchev–Trinajstić information content (AvgIpc) is 3.27. The van der Waals surface area contributed by atoms with Crippen molar-refractivity contribution in [2.24, 2.45) is 0 Å². The maximum absolute atomic E-state index is 12.8. The summed E-state index contributed by atoms with van der Waals surface area (Å²) in [5.41, 5.74) is 0. The van der Waals surface area contributed by atoms with E-state index in [-0.39, 0.29) is 19.4 Å². The fraction of sp³-hybridized carbons (Fsp3) is 0.808. The summed E-state index contributed by atoms with van der Waals surface area (Å²) in [5, 5.41) is 30.9. The molecule has 1 heterocycles. The second kappa shape index (κ2) is 41.8. The van der Waals surface area contributed by atoms with Crippen LogP contribution in [0.15, 0.2) is 48.6 Å². The largest absolute Gasteiger partial charge is 0.462 e. The van der Waals surface area contributed by atoms with Crippen molar-refractivity contribution in [3.8, 4) is 0 Å². The maximum atomic E-state index is 12.8. The van der Waals surface area contributed by atoms with Gasteiger partial charge in [-0.3, -0.25) is 14.1 Å². The van der Waals surface area contributed by atoms with Gasteiger partial charge in [-0.1, -0.05) is 210 Å². The lowest BCUT2D eigenvalue weighted by atomic mass is 10.00. The summed E-state index contributed by atoms with van der Waals surface area (Å²) >= 11 is 0. The first-order valence-electron chi connectivity index (χ1n) is 25.7. The maximum Gasteiger partial charge on any atom is 0.306 e. The summed E-state index contributed by atoms with van der Waals surface area (Å²) in [7, 11) is -4.61. The number of unbranched alkanes of at least 4 members (excludes halogenated alkanes) is 23. The summed E-state index contributed by atoms with van der Waals surface area (Å²) in [5.74, 6) is -2.08. The molecule has 1 aliphatic rings. The van der Waals surface area contributed by atoms with Gasteiger partial charge in [-0.2, -0.15) is 8.42 Å². The van der Waals surface area contributed by atoms with Gasteiger partial charge in [0.2, 0.25) is 0 Å². The molecule has 0 aliphatic carbocycles. The molecule has 6 atom stereocenters. The van der Waals surface area contributed by atoms with Gasteiger partial charge in [-0.25, -0.2) is 0 Å². The molecule has 1 saturated heterocycles. The molecule has 0 spiro atoms.